The van der Waals surface area contributed by atoms with Gasteiger partial charge in [0.1, 0.15) is 6.33 Å². The maximum absolute atomic E-state index is 6.34. The van der Waals surface area contributed by atoms with E-state index in [0.29, 0.717) is 5.78 Å². The SMILES string of the molecule is NC1(c2cnc3ncnn3c2)CCCC1. The summed E-state index contributed by atoms with van der Waals surface area (Å²) in [6.45, 7) is 0. The summed E-state index contributed by atoms with van der Waals surface area (Å²) in [6, 6.07) is 0. The summed E-state index contributed by atoms with van der Waals surface area (Å²) in [5.41, 5.74) is 7.20. The van der Waals surface area contributed by atoms with Gasteiger partial charge in [-0.1, -0.05) is 12.8 Å². The molecule has 1 aliphatic carbocycles. The molecule has 15 heavy (non-hydrogen) atoms. The summed E-state index contributed by atoms with van der Waals surface area (Å²) >= 11 is 0. The van der Waals surface area contributed by atoms with E-state index in [2.05, 4.69) is 15.1 Å². The van der Waals surface area contributed by atoms with Crippen molar-refractivity contribution in [3.8, 4) is 0 Å². The van der Waals surface area contributed by atoms with E-state index in [1.54, 1.807) is 4.52 Å². The smallest absolute Gasteiger partial charge is 0.252 e. The number of hydrogen-bond donors (Lipinski definition) is 1. The van der Waals surface area contributed by atoms with E-state index < -0.39 is 0 Å². The van der Waals surface area contributed by atoms with Gasteiger partial charge < -0.3 is 5.73 Å². The predicted octanol–water partition coefficient (Wildman–Crippen LogP) is 0.852. The highest BCUT2D eigenvalue weighted by molar-refractivity contribution is 5.29. The van der Waals surface area contributed by atoms with E-state index in [1.165, 1.54) is 19.2 Å². The lowest BCUT2D eigenvalue weighted by molar-refractivity contribution is 0.457. The molecule has 2 heterocycles. The molecule has 0 aliphatic heterocycles. The molecule has 78 valence electrons. The lowest BCUT2D eigenvalue weighted by Crippen LogP contribution is -2.33. The molecule has 0 radical (unpaired) electrons. The highest BCUT2D eigenvalue weighted by Gasteiger charge is 2.31. The highest BCUT2D eigenvalue weighted by atomic mass is 15.3. The average molecular weight is 203 g/mol. The fourth-order valence-corrected chi connectivity index (χ4v) is 2.27. The fraction of sp³-hybridized carbons (Fsp3) is 0.500. The van der Waals surface area contributed by atoms with Gasteiger partial charge in [0.15, 0.2) is 0 Å². The van der Waals surface area contributed by atoms with Crippen molar-refractivity contribution < 1.29 is 0 Å². The Morgan fingerprint density at radius 3 is 2.87 bits per heavy atom. The van der Waals surface area contributed by atoms with Gasteiger partial charge in [0.2, 0.25) is 0 Å². The number of hydrogen-bond acceptors (Lipinski definition) is 4. The monoisotopic (exact) mass is 203 g/mol. The molecule has 0 unspecified atom stereocenters. The van der Waals surface area contributed by atoms with E-state index in [1.807, 2.05) is 12.4 Å². The summed E-state index contributed by atoms with van der Waals surface area (Å²) in [5.74, 6) is 0.625. The number of fused-ring (bicyclic) bond motifs is 1. The summed E-state index contributed by atoms with van der Waals surface area (Å²) in [6.07, 6.45) is 9.75. The lowest BCUT2D eigenvalue weighted by atomic mass is 9.92. The molecule has 1 saturated carbocycles. The Bertz CT molecular complexity index is 483. The number of aromatic nitrogens is 4. The zero-order valence-corrected chi connectivity index (χ0v) is 8.43. The molecular weight excluding hydrogens is 190 g/mol. The van der Waals surface area contributed by atoms with Crippen LogP contribution in [0.4, 0.5) is 0 Å². The molecule has 2 aromatic heterocycles. The van der Waals surface area contributed by atoms with Gasteiger partial charge in [-0.3, -0.25) is 0 Å². The van der Waals surface area contributed by atoms with Crippen molar-refractivity contribution in [2.24, 2.45) is 5.73 Å². The van der Waals surface area contributed by atoms with Gasteiger partial charge in [0.25, 0.3) is 5.78 Å². The van der Waals surface area contributed by atoms with Gasteiger partial charge >= 0.3 is 0 Å². The fourth-order valence-electron chi connectivity index (χ4n) is 2.27. The first-order valence-corrected chi connectivity index (χ1v) is 5.23. The predicted molar refractivity (Wildman–Crippen MR) is 55.1 cm³/mol. The molecule has 2 aromatic rings. The Kier molecular flexibility index (Phi) is 1.76. The molecule has 5 heteroatoms. The van der Waals surface area contributed by atoms with Crippen molar-refractivity contribution in [2.75, 3.05) is 0 Å². The molecule has 5 nitrogen and oxygen atoms in total. The van der Waals surface area contributed by atoms with Crippen LogP contribution in [0.15, 0.2) is 18.7 Å². The summed E-state index contributed by atoms with van der Waals surface area (Å²) in [5, 5.41) is 4.07. The van der Waals surface area contributed by atoms with Crippen molar-refractivity contribution in [1.29, 1.82) is 0 Å². The van der Waals surface area contributed by atoms with E-state index >= 15 is 0 Å². The molecular formula is C10H13N5. The Morgan fingerprint density at radius 1 is 1.27 bits per heavy atom. The van der Waals surface area contributed by atoms with Crippen LogP contribution in [0.25, 0.3) is 5.78 Å². The van der Waals surface area contributed by atoms with E-state index in [0.717, 1.165) is 18.4 Å². The zero-order chi connectivity index (χ0) is 10.3. The molecule has 2 N–H and O–H groups in total. The second-order valence-corrected chi connectivity index (χ2v) is 4.21. The van der Waals surface area contributed by atoms with Crippen LogP contribution in [0.5, 0.6) is 0 Å². The largest absolute Gasteiger partial charge is 0.321 e. The molecule has 0 amide bonds. The molecule has 0 bridgehead atoms. The van der Waals surface area contributed by atoms with Gasteiger partial charge in [0.05, 0.1) is 0 Å². The van der Waals surface area contributed by atoms with Crippen LogP contribution in [0.2, 0.25) is 0 Å². The molecule has 0 atom stereocenters. The quantitative estimate of drug-likeness (QED) is 0.746. The van der Waals surface area contributed by atoms with Crippen molar-refractivity contribution >= 4 is 5.78 Å². The second kappa shape index (κ2) is 3.00. The Hall–Kier alpha value is -1.49. The minimum Gasteiger partial charge on any atom is -0.321 e. The van der Waals surface area contributed by atoms with Gasteiger partial charge in [-0.25, -0.2) is 9.50 Å². The van der Waals surface area contributed by atoms with E-state index in [-0.39, 0.29) is 5.54 Å². The molecule has 0 aromatic carbocycles. The average Bonchev–Trinajstić information content (AvgIpc) is 2.85. The molecule has 1 aliphatic rings. The minimum absolute atomic E-state index is 0.201. The Morgan fingerprint density at radius 2 is 2.07 bits per heavy atom. The molecule has 0 saturated heterocycles. The normalized spacial score (nSPS) is 19.8. The maximum Gasteiger partial charge on any atom is 0.252 e. The Balaban J connectivity index is 2.10. The molecule has 3 rings (SSSR count). The third-order valence-corrected chi connectivity index (χ3v) is 3.21. The number of rotatable bonds is 1. The van der Waals surface area contributed by atoms with Crippen LogP contribution < -0.4 is 5.73 Å². The summed E-state index contributed by atoms with van der Waals surface area (Å²) < 4.78 is 1.68. The second-order valence-electron chi connectivity index (χ2n) is 4.21. The summed E-state index contributed by atoms with van der Waals surface area (Å²) in [4.78, 5) is 8.25. The van der Waals surface area contributed by atoms with Crippen molar-refractivity contribution in [3.63, 3.8) is 0 Å². The van der Waals surface area contributed by atoms with Gasteiger partial charge in [-0.05, 0) is 12.8 Å². The zero-order valence-electron chi connectivity index (χ0n) is 8.43. The first-order chi connectivity index (χ1) is 7.28. The molecule has 1 fully saturated rings. The van der Waals surface area contributed by atoms with Gasteiger partial charge in [-0.15, -0.1) is 0 Å². The van der Waals surface area contributed by atoms with Crippen LogP contribution in [0.1, 0.15) is 31.2 Å². The minimum atomic E-state index is -0.201. The number of nitrogens with zero attached hydrogens (tertiary/aromatic N) is 4. The third-order valence-electron chi connectivity index (χ3n) is 3.21. The van der Waals surface area contributed by atoms with Crippen molar-refractivity contribution in [2.45, 2.75) is 31.2 Å². The first-order valence-electron chi connectivity index (χ1n) is 5.23. The molecule has 0 spiro atoms. The topological polar surface area (TPSA) is 69.1 Å². The maximum atomic E-state index is 6.34. The van der Waals surface area contributed by atoms with Crippen molar-refractivity contribution in [3.05, 3.63) is 24.3 Å². The lowest BCUT2D eigenvalue weighted by Gasteiger charge is -2.23. The first kappa shape index (κ1) is 8.79. The Labute approximate surface area is 87.3 Å². The van der Waals surface area contributed by atoms with Crippen LogP contribution in [-0.2, 0) is 5.54 Å². The van der Waals surface area contributed by atoms with Gasteiger partial charge in [0, 0.05) is 23.5 Å². The van der Waals surface area contributed by atoms with E-state index in [4.69, 9.17) is 5.73 Å². The highest BCUT2D eigenvalue weighted by Crippen LogP contribution is 2.35. The van der Waals surface area contributed by atoms with Gasteiger partial charge in [-0.2, -0.15) is 10.1 Å². The standard InChI is InChI=1S/C10H13N5/c11-10(3-1-2-4-10)8-5-12-9-13-7-14-15(9)6-8/h5-7H,1-4,11H2. The third kappa shape index (κ3) is 1.31. The van der Waals surface area contributed by atoms with E-state index in [9.17, 15) is 0 Å². The van der Waals surface area contributed by atoms with Crippen LogP contribution >= 0.6 is 0 Å². The van der Waals surface area contributed by atoms with Crippen LogP contribution in [0, 0.1) is 0 Å². The van der Waals surface area contributed by atoms with Crippen LogP contribution in [0.3, 0.4) is 0 Å². The summed E-state index contributed by atoms with van der Waals surface area (Å²) in [7, 11) is 0. The number of nitrogens with two attached hydrogens (primary N) is 1. The van der Waals surface area contributed by atoms with Crippen molar-refractivity contribution in [1.82, 2.24) is 19.6 Å². The van der Waals surface area contributed by atoms with Crippen LogP contribution in [-0.4, -0.2) is 19.6 Å².